The Labute approximate surface area is 68.3 Å². The molecule has 0 radical (unpaired) electrons. The van der Waals surface area contributed by atoms with E-state index in [1.165, 1.54) is 5.57 Å². The summed E-state index contributed by atoms with van der Waals surface area (Å²) in [7, 11) is 0. The maximum absolute atomic E-state index is 8.52. The highest BCUT2D eigenvalue weighted by Gasteiger charge is 1.83. The lowest BCUT2D eigenvalue weighted by Gasteiger charge is -1.87. The molecule has 0 aromatic heterocycles. The Morgan fingerprint density at radius 2 is 1.82 bits per heavy atom. The molecular weight excluding hydrogens is 134 g/mol. The first-order valence-corrected chi connectivity index (χ1v) is 3.62. The maximum Gasteiger partial charge on any atom is 0.0988 e. The molecule has 0 saturated carbocycles. The fraction of sp³-hybridized carbons (Fsp3) is 0.300. The molecule has 0 bridgehead atoms. The van der Waals surface area contributed by atoms with E-state index in [2.05, 4.69) is 6.07 Å². The number of rotatable bonds is 2. The number of nitriles is 1. The molecule has 0 fully saturated rings. The summed E-state index contributed by atoms with van der Waals surface area (Å²) in [5.41, 5.74) is 1.87. The van der Waals surface area contributed by atoms with Crippen LogP contribution in [0.5, 0.6) is 0 Å². The van der Waals surface area contributed by atoms with Crippen LogP contribution in [0, 0.1) is 11.3 Å². The van der Waals surface area contributed by atoms with Crippen molar-refractivity contribution in [1.82, 2.24) is 0 Å². The van der Waals surface area contributed by atoms with Crippen molar-refractivity contribution in [2.24, 2.45) is 0 Å². The maximum atomic E-state index is 8.52. The van der Waals surface area contributed by atoms with Gasteiger partial charge in [-0.3, -0.25) is 0 Å². The minimum Gasteiger partial charge on any atom is -0.192 e. The quantitative estimate of drug-likeness (QED) is 0.435. The second kappa shape index (κ2) is 5.49. The summed E-state index contributed by atoms with van der Waals surface area (Å²) in [6.45, 7) is 5.83. The van der Waals surface area contributed by atoms with Crippen molar-refractivity contribution in [2.45, 2.75) is 20.8 Å². The van der Waals surface area contributed by atoms with Crippen molar-refractivity contribution in [3.05, 3.63) is 35.5 Å². The summed E-state index contributed by atoms with van der Waals surface area (Å²) in [6, 6.07) is 2.08. The molecule has 1 nitrogen and oxygen atoms in total. The highest BCUT2D eigenvalue weighted by Crippen LogP contribution is 1.99. The van der Waals surface area contributed by atoms with Crippen molar-refractivity contribution in [3.63, 3.8) is 0 Å². The van der Waals surface area contributed by atoms with E-state index < -0.39 is 0 Å². The first kappa shape index (κ1) is 9.71. The molecule has 0 aromatic carbocycles. The molecule has 0 spiro atoms. The molecule has 0 unspecified atom stereocenters. The predicted octanol–water partition coefficient (Wildman–Crippen LogP) is 2.98. The van der Waals surface area contributed by atoms with Crippen LogP contribution in [0.1, 0.15) is 20.8 Å². The fourth-order valence-electron chi connectivity index (χ4n) is 0.515. The van der Waals surface area contributed by atoms with Crippen molar-refractivity contribution in [3.8, 4) is 6.07 Å². The van der Waals surface area contributed by atoms with Gasteiger partial charge in [-0.25, -0.2) is 0 Å². The van der Waals surface area contributed by atoms with Crippen LogP contribution in [0.2, 0.25) is 0 Å². The molecular formula is C10H13N. The van der Waals surface area contributed by atoms with E-state index in [4.69, 9.17) is 5.26 Å². The minimum atomic E-state index is 0.700. The van der Waals surface area contributed by atoms with Crippen molar-refractivity contribution in [2.75, 3.05) is 0 Å². The van der Waals surface area contributed by atoms with Gasteiger partial charge in [-0.1, -0.05) is 23.8 Å². The zero-order chi connectivity index (χ0) is 8.69. The van der Waals surface area contributed by atoms with E-state index in [1.54, 1.807) is 6.08 Å². The summed E-state index contributed by atoms with van der Waals surface area (Å²) < 4.78 is 0. The van der Waals surface area contributed by atoms with E-state index in [1.807, 2.05) is 39.0 Å². The van der Waals surface area contributed by atoms with Crippen LogP contribution in [0.4, 0.5) is 0 Å². The van der Waals surface area contributed by atoms with Crippen LogP contribution in [0.3, 0.4) is 0 Å². The zero-order valence-electron chi connectivity index (χ0n) is 7.26. The first-order valence-electron chi connectivity index (χ1n) is 3.62. The van der Waals surface area contributed by atoms with Gasteiger partial charge in [-0.05, 0) is 26.8 Å². The lowest BCUT2D eigenvalue weighted by molar-refractivity contribution is 1.45. The van der Waals surface area contributed by atoms with E-state index in [9.17, 15) is 0 Å². The normalized spacial score (nSPS) is 13.6. The Bertz CT molecular complexity index is 236. The van der Waals surface area contributed by atoms with Gasteiger partial charge in [0.05, 0.1) is 6.07 Å². The third kappa shape index (κ3) is 4.16. The largest absolute Gasteiger partial charge is 0.192 e. The van der Waals surface area contributed by atoms with Gasteiger partial charge in [0, 0.05) is 5.57 Å². The lowest BCUT2D eigenvalue weighted by atomic mass is 10.2. The van der Waals surface area contributed by atoms with E-state index >= 15 is 0 Å². The van der Waals surface area contributed by atoms with Gasteiger partial charge in [-0.2, -0.15) is 5.26 Å². The Hall–Kier alpha value is -1.29. The molecule has 0 saturated heterocycles. The van der Waals surface area contributed by atoms with Gasteiger partial charge < -0.3 is 0 Å². The van der Waals surface area contributed by atoms with Gasteiger partial charge in [0.1, 0.15) is 0 Å². The summed E-state index contributed by atoms with van der Waals surface area (Å²) in [5, 5.41) is 8.52. The van der Waals surface area contributed by atoms with Gasteiger partial charge in [0.25, 0.3) is 0 Å². The number of hydrogen-bond donors (Lipinski definition) is 0. The summed E-state index contributed by atoms with van der Waals surface area (Å²) in [5.74, 6) is 0. The molecule has 11 heavy (non-hydrogen) atoms. The van der Waals surface area contributed by atoms with Crippen molar-refractivity contribution < 1.29 is 0 Å². The molecule has 0 heterocycles. The fourth-order valence-corrected chi connectivity index (χ4v) is 0.515. The third-order valence-corrected chi connectivity index (χ3v) is 1.42. The summed E-state index contributed by atoms with van der Waals surface area (Å²) >= 11 is 0. The van der Waals surface area contributed by atoms with E-state index in [0.29, 0.717) is 5.57 Å². The highest BCUT2D eigenvalue weighted by molar-refractivity contribution is 5.35. The molecule has 0 aromatic rings. The predicted molar refractivity (Wildman–Crippen MR) is 47.9 cm³/mol. The second-order valence-corrected chi connectivity index (χ2v) is 2.22. The highest BCUT2D eigenvalue weighted by atomic mass is 14.2. The van der Waals surface area contributed by atoms with Crippen LogP contribution in [0.25, 0.3) is 0 Å². The van der Waals surface area contributed by atoms with Gasteiger partial charge >= 0.3 is 0 Å². The van der Waals surface area contributed by atoms with Crippen molar-refractivity contribution in [1.29, 1.82) is 5.26 Å². The number of hydrogen-bond acceptors (Lipinski definition) is 1. The van der Waals surface area contributed by atoms with Gasteiger partial charge in [0.2, 0.25) is 0 Å². The van der Waals surface area contributed by atoms with Crippen LogP contribution < -0.4 is 0 Å². The third-order valence-electron chi connectivity index (χ3n) is 1.42. The van der Waals surface area contributed by atoms with E-state index in [-0.39, 0.29) is 0 Å². The number of allylic oxidation sites excluding steroid dienone is 6. The van der Waals surface area contributed by atoms with Crippen LogP contribution in [-0.4, -0.2) is 0 Å². The Morgan fingerprint density at radius 3 is 2.18 bits per heavy atom. The Balaban J connectivity index is 4.27. The molecule has 0 rings (SSSR count). The Morgan fingerprint density at radius 1 is 1.18 bits per heavy atom. The molecule has 0 aliphatic rings. The molecule has 0 aliphatic heterocycles. The number of nitrogens with zero attached hydrogens (tertiary/aromatic N) is 1. The van der Waals surface area contributed by atoms with Crippen LogP contribution >= 0.6 is 0 Å². The second-order valence-electron chi connectivity index (χ2n) is 2.22. The lowest BCUT2D eigenvalue weighted by Crippen LogP contribution is -1.70. The topological polar surface area (TPSA) is 23.8 Å². The average Bonchev–Trinajstić information content (AvgIpc) is 2.06. The summed E-state index contributed by atoms with van der Waals surface area (Å²) in [4.78, 5) is 0. The summed E-state index contributed by atoms with van der Waals surface area (Å²) in [6.07, 6.45) is 7.54. The molecule has 58 valence electrons. The molecule has 0 N–H and O–H groups in total. The SMILES string of the molecule is C\C=C(C)/C=C\C(C#N)=C/C. The average molecular weight is 147 g/mol. The zero-order valence-corrected chi connectivity index (χ0v) is 7.26. The molecule has 0 aliphatic carbocycles. The van der Waals surface area contributed by atoms with Crippen molar-refractivity contribution >= 4 is 0 Å². The molecule has 0 amide bonds. The molecule has 1 heteroatoms. The standard InChI is InChI=1S/C10H13N/c1-4-9(3)6-7-10(5-2)8-11/h4-7H,1-3H3/b7-6-,9-4-,10-5+. The minimum absolute atomic E-state index is 0.700. The van der Waals surface area contributed by atoms with E-state index in [0.717, 1.165) is 0 Å². The first-order chi connectivity index (χ1) is 5.24. The van der Waals surface area contributed by atoms with Gasteiger partial charge in [0.15, 0.2) is 0 Å². The van der Waals surface area contributed by atoms with Crippen LogP contribution in [0.15, 0.2) is 35.5 Å². The molecule has 0 atom stereocenters. The van der Waals surface area contributed by atoms with Gasteiger partial charge in [-0.15, -0.1) is 0 Å². The smallest absolute Gasteiger partial charge is 0.0988 e. The van der Waals surface area contributed by atoms with Crippen LogP contribution in [-0.2, 0) is 0 Å². The Kier molecular flexibility index (Phi) is 4.85. The monoisotopic (exact) mass is 147 g/mol.